The van der Waals surface area contributed by atoms with E-state index in [0.717, 1.165) is 29.7 Å². The minimum absolute atomic E-state index is 0.0173. The van der Waals surface area contributed by atoms with Crippen LogP contribution in [-0.4, -0.2) is 30.9 Å². The zero-order valence-corrected chi connectivity index (χ0v) is 14.4. The van der Waals surface area contributed by atoms with Gasteiger partial charge in [-0.3, -0.25) is 0 Å². The first kappa shape index (κ1) is 17.3. The third kappa shape index (κ3) is 4.31. The summed E-state index contributed by atoms with van der Waals surface area (Å²) in [6.07, 6.45) is 1.66. The van der Waals surface area contributed by atoms with E-state index in [1.807, 2.05) is 48.5 Å². The van der Waals surface area contributed by atoms with Crippen LogP contribution in [0.1, 0.15) is 29.2 Å². The molecule has 25 heavy (non-hydrogen) atoms. The van der Waals surface area contributed by atoms with Crippen molar-refractivity contribution in [3.8, 4) is 5.75 Å². The number of amides is 2. The van der Waals surface area contributed by atoms with Gasteiger partial charge in [-0.2, -0.15) is 0 Å². The van der Waals surface area contributed by atoms with Crippen LogP contribution in [0.2, 0.25) is 0 Å². The minimum Gasteiger partial charge on any atom is -0.496 e. The normalized spacial score (nSPS) is 16.8. The number of ether oxygens (including phenoxy) is 1. The number of carbonyl (C=O) groups excluding carboxylic acids is 1. The molecule has 1 aliphatic carbocycles. The molecule has 0 heterocycles. The molecular weight excluding hydrogens is 316 g/mol. The molecule has 0 fully saturated rings. The van der Waals surface area contributed by atoms with Gasteiger partial charge in [0.05, 0.1) is 19.3 Å². The molecule has 1 aliphatic rings. The van der Waals surface area contributed by atoms with E-state index < -0.39 is 6.10 Å². The number of carbonyl (C=O) groups is 1. The molecule has 2 aromatic rings. The second-order valence-electron chi connectivity index (χ2n) is 6.32. The molecule has 0 aliphatic heterocycles. The van der Waals surface area contributed by atoms with Gasteiger partial charge in [0.15, 0.2) is 0 Å². The number of hydrogen-bond acceptors (Lipinski definition) is 3. The summed E-state index contributed by atoms with van der Waals surface area (Å²) in [5, 5.41) is 15.8. The molecule has 5 nitrogen and oxygen atoms in total. The number of urea groups is 1. The van der Waals surface area contributed by atoms with Crippen LogP contribution in [0.3, 0.4) is 0 Å². The van der Waals surface area contributed by atoms with Crippen LogP contribution in [-0.2, 0) is 12.8 Å². The van der Waals surface area contributed by atoms with Gasteiger partial charge in [-0.05, 0) is 35.6 Å². The van der Waals surface area contributed by atoms with Crippen LogP contribution in [0.25, 0.3) is 0 Å². The molecule has 3 rings (SSSR count). The zero-order valence-electron chi connectivity index (χ0n) is 14.4. The van der Waals surface area contributed by atoms with Crippen molar-refractivity contribution in [1.82, 2.24) is 10.6 Å². The Morgan fingerprint density at radius 1 is 1.24 bits per heavy atom. The summed E-state index contributed by atoms with van der Waals surface area (Å²) in [6, 6.07) is 15.4. The van der Waals surface area contributed by atoms with Crippen molar-refractivity contribution in [1.29, 1.82) is 0 Å². The van der Waals surface area contributed by atoms with Crippen molar-refractivity contribution >= 4 is 6.03 Å². The molecular formula is C20H24N2O3. The first-order valence-corrected chi connectivity index (χ1v) is 8.59. The van der Waals surface area contributed by atoms with Crippen LogP contribution < -0.4 is 15.4 Å². The highest BCUT2D eigenvalue weighted by molar-refractivity contribution is 5.74. The first-order valence-electron chi connectivity index (χ1n) is 8.59. The van der Waals surface area contributed by atoms with E-state index in [4.69, 9.17) is 4.74 Å². The monoisotopic (exact) mass is 340 g/mol. The quantitative estimate of drug-likeness (QED) is 0.757. The third-order valence-corrected chi connectivity index (χ3v) is 4.57. The summed E-state index contributed by atoms with van der Waals surface area (Å²) in [5.41, 5.74) is 3.33. The van der Waals surface area contributed by atoms with Gasteiger partial charge in [0, 0.05) is 13.0 Å². The third-order valence-electron chi connectivity index (χ3n) is 4.57. The van der Waals surface area contributed by atoms with Crippen molar-refractivity contribution < 1.29 is 14.6 Å². The largest absolute Gasteiger partial charge is 0.496 e. The average Bonchev–Trinajstić information content (AvgIpc) is 3.04. The summed E-state index contributed by atoms with van der Waals surface area (Å²) in [7, 11) is 1.66. The van der Waals surface area contributed by atoms with Crippen LogP contribution >= 0.6 is 0 Å². The Kier molecular flexibility index (Phi) is 5.56. The summed E-state index contributed by atoms with van der Waals surface area (Å²) in [6.45, 7) is 0.221. The molecule has 2 amide bonds. The molecule has 5 heteroatoms. The summed E-state index contributed by atoms with van der Waals surface area (Å²) in [4.78, 5) is 12.2. The lowest BCUT2D eigenvalue weighted by Gasteiger charge is -2.17. The van der Waals surface area contributed by atoms with Crippen molar-refractivity contribution in [2.45, 2.75) is 31.4 Å². The number of aliphatic hydroxyl groups excluding tert-OH is 1. The van der Waals surface area contributed by atoms with Gasteiger partial charge in [-0.15, -0.1) is 0 Å². The zero-order chi connectivity index (χ0) is 17.6. The maximum absolute atomic E-state index is 12.2. The topological polar surface area (TPSA) is 70.6 Å². The van der Waals surface area contributed by atoms with Gasteiger partial charge < -0.3 is 20.5 Å². The molecule has 0 aromatic heterocycles. The number of aliphatic hydroxyl groups is 1. The van der Waals surface area contributed by atoms with Crippen molar-refractivity contribution in [2.75, 3.05) is 13.7 Å². The lowest BCUT2D eigenvalue weighted by Crippen LogP contribution is -2.41. The molecule has 2 atom stereocenters. The Morgan fingerprint density at radius 3 is 2.80 bits per heavy atom. The van der Waals surface area contributed by atoms with Gasteiger partial charge in [0.25, 0.3) is 0 Å². The number of methoxy groups -OCH3 is 1. The standard InChI is InChI=1S/C20H24N2O3/c1-25-19-9-5-8-16-17(19)10-11-18(16)22-20(24)21-13-15(23)12-14-6-3-2-4-7-14/h2-9,15,18,23H,10-13H2,1H3,(H2,21,22,24). The molecule has 2 unspecified atom stereocenters. The molecule has 132 valence electrons. The van der Waals surface area contributed by atoms with Gasteiger partial charge >= 0.3 is 6.03 Å². The Balaban J connectivity index is 1.49. The molecule has 2 aromatic carbocycles. The fraction of sp³-hybridized carbons (Fsp3) is 0.350. The molecule has 0 spiro atoms. The second kappa shape index (κ2) is 8.03. The van der Waals surface area contributed by atoms with Gasteiger partial charge in [-0.25, -0.2) is 4.79 Å². The van der Waals surface area contributed by atoms with Crippen LogP contribution in [0.4, 0.5) is 4.79 Å². The molecule has 3 N–H and O–H groups in total. The van der Waals surface area contributed by atoms with E-state index in [2.05, 4.69) is 10.6 Å². The highest BCUT2D eigenvalue weighted by atomic mass is 16.5. The summed E-state index contributed by atoms with van der Waals surface area (Å²) >= 11 is 0. The lowest BCUT2D eigenvalue weighted by atomic mass is 10.1. The molecule has 0 saturated carbocycles. The predicted molar refractivity (Wildman–Crippen MR) is 96.7 cm³/mol. The Labute approximate surface area is 148 Å². The second-order valence-corrected chi connectivity index (χ2v) is 6.32. The maximum atomic E-state index is 12.2. The first-order chi connectivity index (χ1) is 12.2. The van der Waals surface area contributed by atoms with Crippen molar-refractivity contribution in [3.63, 3.8) is 0 Å². The lowest BCUT2D eigenvalue weighted by molar-refractivity contribution is 0.170. The summed E-state index contributed by atoms with van der Waals surface area (Å²) < 4.78 is 5.38. The highest BCUT2D eigenvalue weighted by Crippen LogP contribution is 2.36. The Bertz CT molecular complexity index is 718. The van der Waals surface area contributed by atoms with E-state index >= 15 is 0 Å². The SMILES string of the molecule is COc1cccc2c1CCC2NC(=O)NCC(O)Cc1ccccc1. The van der Waals surface area contributed by atoms with Crippen LogP contribution in [0.15, 0.2) is 48.5 Å². The van der Waals surface area contributed by atoms with Gasteiger partial charge in [0.2, 0.25) is 0 Å². The van der Waals surface area contributed by atoms with Crippen LogP contribution in [0.5, 0.6) is 5.75 Å². The number of benzene rings is 2. The number of rotatable bonds is 6. The molecule has 0 radical (unpaired) electrons. The Morgan fingerprint density at radius 2 is 2.04 bits per heavy atom. The van der Waals surface area contributed by atoms with Crippen molar-refractivity contribution in [2.24, 2.45) is 0 Å². The Hall–Kier alpha value is -2.53. The van der Waals surface area contributed by atoms with E-state index in [0.29, 0.717) is 6.42 Å². The van der Waals surface area contributed by atoms with Crippen molar-refractivity contribution in [3.05, 3.63) is 65.2 Å². The minimum atomic E-state index is -0.607. The van der Waals surface area contributed by atoms with Crippen LogP contribution in [0, 0.1) is 0 Å². The highest BCUT2D eigenvalue weighted by Gasteiger charge is 2.26. The maximum Gasteiger partial charge on any atom is 0.315 e. The van der Waals surface area contributed by atoms with Gasteiger partial charge in [0.1, 0.15) is 5.75 Å². The fourth-order valence-corrected chi connectivity index (χ4v) is 3.34. The van der Waals surface area contributed by atoms with E-state index in [9.17, 15) is 9.90 Å². The van der Waals surface area contributed by atoms with Gasteiger partial charge in [-0.1, -0.05) is 42.5 Å². The number of hydrogen-bond donors (Lipinski definition) is 3. The fourth-order valence-electron chi connectivity index (χ4n) is 3.34. The number of fused-ring (bicyclic) bond motifs is 1. The smallest absolute Gasteiger partial charge is 0.315 e. The predicted octanol–water partition coefficient (Wildman–Crippen LogP) is 2.59. The summed E-state index contributed by atoms with van der Waals surface area (Å²) in [5.74, 6) is 0.875. The number of nitrogens with one attached hydrogen (secondary N) is 2. The molecule has 0 bridgehead atoms. The van der Waals surface area contributed by atoms with E-state index in [1.54, 1.807) is 7.11 Å². The average molecular weight is 340 g/mol. The molecule has 0 saturated heterocycles. The van der Waals surface area contributed by atoms with E-state index in [-0.39, 0.29) is 18.6 Å². The van der Waals surface area contributed by atoms with E-state index in [1.165, 1.54) is 5.56 Å².